The highest BCUT2D eigenvalue weighted by molar-refractivity contribution is 5.62. The van der Waals surface area contributed by atoms with E-state index in [0.29, 0.717) is 24.7 Å². The van der Waals surface area contributed by atoms with E-state index in [4.69, 9.17) is 21.1 Å². The van der Waals surface area contributed by atoms with Crippen molar-refractivity contribution >= 4 is 11.4 Å². The van der Waals surface area contributed by atoms with Gasteiger partial charge in [-0.3, -0.25) is 4.98 Å². The molecular weight excluding hydrogens is 366 g/mol. The Morgan fingerprint density at radius 2 is 1.90 bits per heavy atom. The predicted octanol–water partition coefficient (Wildman–Crippen LogP) is 2.44. The first-order valence-electron chi connectivity index (χ1n) is 10.1. The second kappa shape index (κ2) is 8.31. The number of nitrogens with two attached hydrogens (primary N) is 2. The number of benzene rings is 1. The molecular formula is C22H29N5O2. The van der Waals surface area contributed by atoms with Gasteiger partial charge in [-0.05, 0) is 43.0 Å². The number of aromatic nitrogens is 1. The molecule has 2 saturated heterocycles. The molecule has 0 saturated carbocycles. The molecule has 0 bridgehead atoms. The van der Waals surface area contributed by atoms with Gasteiger partial charge in [-0.2, -0.15) is 0 Å². The molecule has 29 heavy (non-hydrogen) atoms. The van der Waals surface area contributed by atoms with Crippen LogP contribution in [0.25, 0.3) is 5.70 Å². The molecule has 7 nitrogen and oxygen atoms in total. The number of hydrogen-bond acceptors (Lipinski definition) is 7. The van der Waals surface area contributed by atoms with E-state index < -0.39 is 5.54 Å². The second-order valence-electron chi connectivity index (χ2n) is 7.72. The summed E-state index contributed by atoms with van der Waals surface area (Å²) in [6.45, 7) is 3.30. The first kappa shape index (κ1) is 19.5. The SMILES string of the molecule is COc1cncc(/C(N)=C/N(N)C2(c3ccc(N4CCCCC4)cc3)COC2)c1. The molecule has 0 radical (unpaired) electrons. The van der Waals surface area contributed by atoms with Crippen LogP contribution in [0.4, 0.5) is 5.69 Å². The lowest BCUT2D eigenvalue weighted by Crippen LogP contribution is -2.60. The average Bonchev–Trinajstić information content (AvgIpc) is 2.74. The average molecular weight is 396 g/mol. The fraction of sp³-hybridized carbons (Fsp3) is 0.409. The van der Waals surface area contributed by atoms with Crippen molar-refractivity contribution < 1.29 is 9.47 Å². The number of nitrogens with zero attached hydrogens (tertiary/aromatic N) is 3. The zero-order valence-corrected chi connectivity index (χ0v) is 16.9. The molecule has 0 atom stereocenters. The van der Waals surface area contributed by atoms with Gasteiger partial charge in [0.1, 0.15) is 11.3 Å². The zero-order chi connectivity index (χ0) is 20.3. The van der Waals surface area contributed by atoms with Gasteiger partial charge >= 0.3 is 0 Å². The molecule has 2 aliphatic heterocycles. The number of rotatable bonds is 6. The van der Waals surface area contributed by atoms with Gasteiger partial charge in [-0.15, -0.1) is 0 Å². The van der Waals surface area contributed by atoms with E-state index in [-0.39, 0.29) is 0 Å². The van der Waals surface area contributed by atoms with Gasteiger partial charge in [0.15, 0.2) is 0 Å². The molecule has 4 rings (SSSR count). The summed E-state index contributed by atoms with van der Waals surface area (Å²) in [6.07, 6.45) is 8.94. The molecule has 7 heteroatoms. The molecule has 0 aliphatic carbocycles. The third-order valence-corrected chi connectivity index (χ3v) is 5.86. The minimum atomic E-state index is -0.419. The molecule has 0 amide bonds. The maximum Gasteiger partial charge on any atom is 0.137 e. The highest BCUT2D eigenvalue weighted by Crippen LogP contribution is 2.36. The smallest absolute Gasteiger partial charge is 0.137 e. The predicted molar refractivity (Wildman–Crippen MR) is 114 cm³/mol. The molecule has 154 valence electrons. The van der Waals surface area contributed by atoms with Crippen LogP contribution in [0.3, 0.4) is 0 Å². The minimum Gasteiger partial charge on any atom is -0.495 e. The molecule has 4 N–H and O–H groups in total. The van der Waals surface area contributed by atoms with Crippen molar-refractivity contribution in [2.24, 2.45) is 11.6 Å². The third-order valence-electron chi connectivity index (χ3n) is 5.86. The van der Waals surface area contributed by atoms with Gasteiger partial charge in [0.25, 0.3) is 0 Å². The maximum absolute atomic E-state index is 6.47. The number of hydrazine groups is 1. The van der Waals surface area contributed by atoms with Crippen LogP contribution in [0.5, 0.6) is 5.75 Å². The summed E-state index contributed by atoms with van der Waals surface area (Å²) < 4.78 is 10.8. The molecule has 2 fully saturated rings. The quantitative estimate of drug-likeness (QED) is 0.573. The summed E-state index contributed by atoms with van der Waals surface area (Å²) in [6, 6.07) is 10.5. The van der Waals surface area contributed by atoms with Crippen LogP contribution in [0.2, 0.25) is 0 Å². The van der Waals surface area contributed by atoms with E-state index in [1.807, 2.05) is 6.07 Å². The van der Waals surface area contributed by atoms with Crippen molar-refractivity contribution in [2.45, 2.75) is 24.8 Å². The van der Waals surface area contributed by atoms with E-state index in [1.54, 1.807) is 30.7 Å². The summed E-state index contributed by atoms with van der Waals surface area (Å²) in [7, 11) is 1.60. The van der Waals surface area contributed by atoms with Crippen molar-refractivity contribution in [3.63, 3.8) is 0 Å². The zero-order valence-electron chi connectivity index (χ0n) is 16.9. The van der Waals surface area contributed by atoms with Gasteiger partial charge in [0.2, 0.25) is 0 Å². The molecule has 1 aromatic carbocycles. The largest absolute Gasteiger partial charge is 0.495 e. The van der Waals surface area contributed by atoms with E-state index in [0.717, 1.165) is 24.2 Å². The monoisotopic (exact) mass is 395 g/mol. The summed E-state index contributed by atoms with van der Waals surface area (Å²) in [5, 5.41) is 1.67. The van der Waals surface area contributed by atoms with Crippen LogP contribution in [0.1, 0.15) is 30.4 Å². The van der Waals surface area contributed by atoms with Gasteiger partial charge in [0, 0.05) is 36.7 Å². The van der Waals surface area contributed by atoms with Gasteiger partial charge in [-0.1, -0.05) is 12.1 Å². The number of pyridine rings is 1. The Balaban J connectivity index is 1.54. The fourth-order valence-corrected chi connectivity index (χ4v) is 3.93. The van der Waals surface area contributed by atoms with Crippen molar-refractivity contribution in [1.29, 1.82) is 0 Å². The van der Waals surface area contributed by atoms with Crippen molar-refractivity contribution in [2.75, 3.05) is 38.3 Å². The van der Waals surface area contributed by atoms with Crippen molar-refractivity contribution in [3.05, 3.63) is 60.1 Å². The van der Waals surface area contributed by atoms with Crippen molar-refractivity contribution in [3.8, 4) is 5.75 Å². The van der Waals surface area contributed by atoms with Crippen LogP contribution in [-0.4, -0.2) is 43.4 Å². The lowest BCUT2D eigenvalue weighted by molar-refractivity contribution is -0.131. The number of anilines is 1. The van der Waals surface area contributed by atoms with E-state index in [9.17, 15) is 0 Å². The number of methoxy groups -OCH3 is 1. The Kier molecular flexibility index (Phi) is 5.60. The van der Waals surface area contributed by atoms with Crippen LogP contribution in [0, 0.1) is 0 Å². The number of ether oxygens (including phenoxy) is 2. The normalized spacial score (nSPS) is 18.8. The van der Waals surface area contributed by atoms with E-state index in [2.05, 4.69) is 34.1 Å². The Hall–Kier alpha value is -2.77. The standard InChI is InChI=1S/C22H29N5O2/c1-28-20-11-17(12-25-13-20)21(23)14-27(24)22(15-29-16-22)18-5-7-19(8-6-18)26-9-3-2-4-10-26/h5-8,11-14H,2-4,9-10,15-16,23-24H2,1H3/b21-14-. The molecule has 3 heterocycles. The molecule has 0 unspecified atom stereocenters. The highest BCUT2D eigenvalue weighted by Gasteiger charge is 2.44. The Morgan fingerprint density at radius 3 is 2.52 bits per heavy atom. The number of hydrogen-bond donors (Lipinski definition) is 2. The maximum atomic E-state index is 6.47. The van der Waals surface area contributed by atoms with E-state index >= 15 is 0 Å². The third kappa shape index (κ3) is 3.88. The molecule has 2 aromatic rings. The minimum absolute atomic E-state index is 0.419. The topological polar surface area (TPSA) is 89.9 Å². The van der Waals surface area contributed by atoms with Crippen LogP contribution < -0.4 is 21.2 Å². The van der Waals surface area contributed by atoms with Gasteiger partial charge < -0.3 is 25.1 Å². The van der Waals surface area contributed by atoms with Gasteiger partial charge in [-0.25, -0.2) is 5.84 Å². The summed E-state index contributed by atoms with van der Waals surface area (Å²) in [5.41, 5.74) is 9.55. The van der Waals surface area contributed by atoms with Crippen LogP contribution in [0.15, 0.2) is 48.9 Å². The Bertz CT molecular complexity index is 858. The van der Waals surface area contributed by atoms with Crippen LogP contribution in [-0.2, 0) is 10.3 Å². The Labute approximate surface area is 171 Å². The van der Waals surface area contributed by atoms with E-state index in [1.165, 1.54) is 24.9 Å². The van der Waals surface area contributed by atoms with Gasteiger partial charge in [0.05, 0.1) is 32.2 Å². The number of piperidine rings is 1. The Morgan fingerprint density at radius 1 is 1.17 bits per heavy atom. The lowest BCUT2D eigenvalue weighted by atomic mass is 9.87. The fourth-order valence-electron chi connectivity index (χ4n) is 3.93. The first-order valence-corrected chi connectivity index (χ1v) is 10.1. The summed E-state index contributed by atoms with van der Waals surface area (Å²) in [5.74, 6) is 7.12. The summed E-state index contributed by atoms with van der Waals surface area (Å²) in [4.78, 5) is 6.61. The molecule has 2 aliphatic rings. The van der Waals surface area contributed by atoms with Crippen molar-refractivity contribution in [1.82, 2.24) is 9.99 Å². The van der Waals surface area contributed by atoms with Crippen LogP contribution >= 0.6 is 0 Å². The highest BCUT2D eigenvalue weighted by atomic mass is 16.5. The second-order valence-corrected chi connectivity index (χ2v) is 7.72. The lowest BCUT2D eigenvalue weighted by Gasteiger charge is -2.47. The first-order chi connectivity index (χ1) is 14.1. The molecule has 1 aromatic heterocycles. The summed E-state index contributed by atoms with van der Waals surface area (Å²) >= 11 is 0. The molecule has 0 spiro atoms.